The molecule has 2 aliphatic carbocycles. The van der Waals surface area contributed by atoms with Gasteiger partial charge in [-0.15, -0.1) is 0 Å². The number of aryl methyl sites for hydroxylation is 3. The standard InChI is InChI=1S/C24H22N2.C10H8N2/c1-15-14-16(2)26-24(25-15)23-9-5-8-19-21-11-10-17-6-3-4-7-18(17)20(21)12-13-22(19)23;1-2-5-9(6-3-1)10-7-4-8-11-12-10/h3-7,9,12-14,23H,8,10-11H2,1-2H3;1-8H. The van der Waals surface area contributed by atoms with Gasteiger partial charge >= 0.3 is 0 Å². The molecule has 0 bridgehead atoms. The average Bonchev–Trinajstić information content (AvgIpc) is 2.97. The molecule has 7 rings (SSSR count). The summed E-state index contributed by atoms with van der Waals surface area (Å²) in [5, 5.41) is 7.81. The first-order valence-electron chi connectivity index (χ1n) is 13.2. The van der Waals surface area contributed by atoms with E-state index in [4.69, 9.17) is 9.97 Å². The van der Waals surface area contributed by atoms with E-state index in [1.165, 1.54) is 33.4 Å². The smallest absolute Gasteiger partial charge is 0.140 e. The zero-order valence-electron chi connectivity index (χ0n) is 21.8. The van der Waals surface area contributed by atoms with Crippen molar-refractivity contribution in [1.82, 2.24) is 20.2 Å². The summed E-state index contributed by atoms with van der Waals surface area (Å²) in [5.41, 5.74) is 12.8. The molecule has 0 radical (unpaired) electrons. The van der Waals surface area contributed by atoms with E-state index in [1.54, 1.807) is 6.20 Å². The Balaban J connectivity index is 0.000000184. The summed E-state index contributed by atoms with van der Waals surface area (Å²) in [6, 6.07) is 29.3. The van der Waals surface area contributed by atoms with E-state index in [2.05, 4.69) is 72.6 Å². The fraction of sp³-hybridized carbons (Fsp3) is 0.176. The molecule has 3 aromatic carbocycles. The zero-order chi connectivity index (χ0) is 25.9. The van der Waals surface area contributed by atoms with E-state index >= 15 is 0 Å². The van der Waals surface area contributed by atoms with Crippen molar-refractivity contribution in [2.75, 3.05) is 0 Å². The van der Waals surface area contributed by atoms with Gasteiger partial charge in [-0.05, 0) is 84.7 Å². The average molecular weight is 495 g/mol. The van der Waals surface area contributed by atoms with Crippen molar-refractivity contribution in [2.45, 2.75) is 39.0 Å². The van der Waals surface area contributed by atoms with Gasteiger partial charge in [0.1, 0.15) is 5.82 Å². The normalized spacial score (nSPS) is 14.9. The van der Waals surface area contributed by atoms with Crippen molar-refractivity contribution < 1.29 is 0 Å². The highest BCUT2D eigenvalue weighted by Gasteiger charge is 2.26. The molecule has 5 aromatic rings. The molecule has 2 aromatic heterocycles. The van der Waals surface area contributed by atoms with E-state index < -0.39 is 0 Å². The second kappa shape index (κ2) is 10.5. The summed E-state index contributed by atoms with van der Waals surface area (Å²) in [7, 11) is 0. The molecule has 0 N–H and O–H groups in total. The van der Waals surface area contributed by atoms with Crippen LogP contribution in [-0.2, 0) is 19.3 Å². The third kappa shape index (κ3) is 4.78. The highest BCUT2D eigenvalue weighted by molar-refractivity contribution is 5.75. The lowest BCUT2D eigenvalue weighted by molar-refractivity contribution is 0.815. The van der Waals surface area contributed by atoms with Gasteiger partial charge in [0.05, 0.1) is 11.6 Å². The van der Waals surface area contributed by atoms with Crippen LogP contribution in [0.25, 0.3) is 22.4 Å². The molecule has 0 saturated carbocycles. The van der Waals surface area contributed by atoms with Crippen LogP contribution in [0.5, 0.6) is 0 Å². The Hall–Kier alpha value is -4.44. The maximum absolute atomic E-state index is 4.74. The van der Waals surface area contributed by atoms with Crippen LogP contribution in [0.4, 0.5) is 0 Å². The molecule has 4 nitrogen and oxygen atoms in total. The Morgan fingerprint density at radius 2 is 1.50 bits per heavy atom. The third-order valence-electron chi connectivity index (χ3n) is 7.32. The number of fused-ring (bicyclic) bond motifs is 5. The fourth-order valence-corrected chi connectivity index (χ4v) is 5.65. The summed E-state index contributed by atoms with van der Waals surface area (Å²) in [5.74, 6) is 1.09. The van der Waals surface area contributed by atoms with Gasteiger partial charge in [-0.2, -0.15) is 10.2 Å². The second-order valence-corrected chi connectivity index (χ2v) is 9.91. The van der Waals surface area contributed by atoms with E-state index in [0.29, 0.717) is 0 Å². The van der Waals surface area contributed by atoms with Crippen molar-refractivity contribution in [3.8, 4) is 22.4 Å². The SMILES string of the molecule is Cc1cc(C)nc(C2C=CCc3c2ccc2c3CCc3ccccc3-2)n1.c1ccc(-c2cccnn2)cc1. The topological polar surface area (TPSA) is 51.6 Å². The van der Waals surface area contributed by atoms with E-state index in [-0.39, 0.29) is 5.92 Å². The van der Waals surface area contributed by atoms with E-state index in [9.17, 15) is 0 Å². The molecule has 1 unspecified atom stereocenters. The Bertz CT molecular complexity index is 1550. The number of benzene rings is 3. The van der Waals surface area contributed by atoms with Crippen LogP contribution in [0.3, 0.4) is 0 Å². The highest BCUT2D eigenvalue weighted by Crippen LogP contribution is 2.41. The maximum Gasteiger partial charge on any atom is 0.140 e. The van der Waals surface area contributed by atoms with E-state index in [0.717, 1.165) is 47.7 Å². The van der Waals surface area contributed by atoms with Gasteiger partial charge in [0.2, 0.25) is 0 Å². The lowest BCUT2D eigenvalue weighted by atomic mass is 9.77. The monoisotopic (exact) mass is 494 g/mol. The Labute approximate surface area is 224 Å². The molecular formula is C34H30N4. The van der Waals surface area contributed by atoms with Gasteiger partial charge in [0.25, 0.3) is 0 Å². The predicted octanol–water partition coefficient (Wildman–Crippen LogP) is 7.25. The first-order chi connectivity index (χ1) is 18.7. The first kappa shape index (κ1) is 23.9. The van der Waals surface area contributed by atoms with Crippen molar-refractivity contribution >= 4 is 0 Å². The molecule has 1 atom stereocenters. The Kier molecular flexibility index (Phi) is 6.62. The Morgan fingerprint density at radius 1 is 0.711 bits per heavy atom. The van der Waals surface area contributed by atoms with Gasteiger partial charge < -0.3 is 0 Å². The van der Waals surface area contributed by atoms with E-state index in [1.807, 2.05) is 48.5 Å². The van der Waals surface area contributed by atoms with Gasteiger partial charge in [-0.3, -0.25) is 0 Å². The summed E-state index contributed by atoms with van der Waals surface area (Å²) in [6.07, 6.45) is 9.53. The highest BCUT2D eigenvalue weighted by atomic mass is 15.1. The molecule has 4 heteroatoms. The van der Waals surface area contributed by atoms with Crippen LogP contribution in [-0.4, -0.2) is 20.2 Å². The van der Waals surface area contributed by atoms with Crippen molar-refractivity contribution in [1.29, 1.82) is 0 Å². The van der Waals surface area contributed by atoms with Crippen molar-refractivity contribution in [3.05, 3.63) is 143 Å². The summed E-state index contributed by atoms with van der Waals surface area (Å²) >= 11 is 0. The number of allylic oxidation sites excluding steroid dienone is 2. The molecule has 0 saturated heterocycles. The minimum atomic E-state index is 0.167. The molecule has 38 heavy (non-hydrogen) atoms. The molecule has 0 fully saturated rings. The van der Waals surface area contributed by atoms with Crippen LogP contribution in [0.15, 0.2) is 103 Å². The van der Waals surface area contributed by atoms with Crippen LogP contribution >= 0.6 is 0 Å². The predicted molar refractivity (Wildman–Crippen MR) is 153 cm³/mol. The number of hydrogen-bond donors (Lipinski definition) is 0. The molecular weight excluding hydrogens is 464 g/mol. The van der Waals surface area contributed by atoms with Gasteiger partial charge in [-0.1, -0.05) is 78.9 Å². The lowest BCUT2D eigenvalue weighted by Gasteiger charge is -2.28. The molecule has 186 valence electrons. The second-order valence-electron chi connectivity index (χ2n) is 9.91. The maximum atomic E-state index is 4.74. The van der Waals surface area contributed by atoms with Crippen LogP contribution in [0, 0.1) is 13.8 Å². The van der Waals surface area contributed by atoms with Crippen molar-refractivity contribution in [3.63, 3.8) is 0 Å². The molecule has 0 aliphatic heterocycles. The number of aromatic nitrogens is 4. The number of nitrogens with zero attached hydrogens (tertiary/aromatic N) is 4. The number of hydrogen-bond acceptors (Lipinski definition) is 4. The van der Waals surface area contributed by atoms with Crippen LogP contribution in [0.2, 0.25) is 0 Å². The minimum absolute atomic E-state index is 0.167. The Morgan fingerprint density at radius 3 is 2.29 bits per heavy atom. The third-order valence-corrected chi connectivity index (χ3v) is 7.32. The summed E-state index contributed by atoms with van der Waals surface area (Å²) in [6.45, 7) is 4.10. The number of rotatable bonds is 2. The van der Waals surface area contributed by atoms with Crippen LogP contribution < -0.4 is 0 Å². The summed E-state index contributed by atoms with van der Waals surface area (Å²) in [4.78, 5) is 9.48. The minimum Gasteiger partial charge on any atom is -0.237 e. The van der Waals surface area contributed by atoms with Crippen molar-refractivity contribution in [2.24, 2.45) is 0 Å². The molecule has 2 aliphatic rings. The lowest BCUT2D eigenvalue weighted by Crippen LogP contribution is -2.15. The quantitative estimate of drug-likeness (QED) is 0.243. The van der Waals surface area contributed by atoms with Crippen LogP contribution in [0.1, 0.15) is 45.4 Å². The fourth-order valence-electron chi connectivity index (χ4n) is 5.65. The van der Waals surface area contributed by atoms with Gasteiger partial charge in [-0.25, -0.2) is 9.97 Å². The zero-order valence-corrected chi connectivity index (χ0v) is 21.8. The molecule has 0 amide bonds. The van der Waals surface area contributed by atoms with Gasteiger partial charge in [0, 0.05) is 23.1 Å². The molecule has 2 heterocycles. The largest absolute Gasteiger partial charge is 0.237 e. The first-order valence-corrected chi connectivity index (χ1v) is 13.2. The summed E-state index contributed by atoms with van der Waals surface area (Å²) < 4.78 is 0. The van der Waals surface area contributed by atoms with Gasteiger partial charge in [0.15, 0.2) is 0 Å². The molecule has 0 spiro atoms.